The van der Waals surface area contributed by atoms with E-state index in [4.69, 9.17) is 4.74 Å². The molecular weight excluding hydrogens is 262 g/mol. The van der Waals surface area contributed by atoms with Gasteiger partial charge in [0.25, 0.3) is 0 Å². The van der Waals surface area contributed by atoms with E-state index in [0.717, 1.165) is 26.1 Å². The van der Waals surface area contributed by atoms with Gasteiger partial charge in [-0.3, -0.25) is 9.69 Å². The Balaban J connectivity index is 4.13. The molecule has 0 rings (SSSR count). The van der Waals surface area contributed by atoms with Gasteiger partial charge in [-0.25, -0.2) is 0 Å². The van der Waals surface area contributed by atoms with E-state index in [1.54, 1.807) is 0 Å². The molecule has 0 fully saturated rings. The van der Waals surface area contributed by atoms with Gasteiger partial charge in [0.15, 0.2) is 0 Å². The van der Waals surface area contributed by atoms with Gasteiger partial charge < -0.3 is 4.74 Å². The normalized spacial score (nSPS) is 12.2. The summed E-state index contributed by atoms with van der Waals surface area (Å²) in [6.07, 6.45) is 5.74. The Morgan fingerprint density at radius 2 is 1.57 bits per heavy atom. The van der Waals surface area contributed by atoms with Crippen LogP contribution in [0.3, 0.4) is 0 Å². The number of hydrogen-bond donors (Lipinski definition) is 0. The lowest BCUT2D eigenvalue weighted by molar-refractivity contribution is -0.155. The highest BCUT2D eigenvalue weighted by Crippen LogP contribution is 2.26. The lowest BCUT2D eigenvalue weighted by atomic mass is 9.84. The Morgan fingerprint density at radius 3 is 2.00 bits per heavy atom. The summed E-state index contributed by atoms with van der Waals surface area (Å²) >= 11 is 0. The van der Waals surface area contributed by atoms with Crippen molar-refractivity contribution < 1.29 is 9.53 Å². The minimum Gasteiger partial charge on any atom is -0.464 e. The van der Waals surface area contributed by atoms with Crippen LogP contribution >= 0.6 is 0 Å². The summed E-state index contributed by atoms with van der Waals surface area (Å²) in [6.45, 7) is 16.3. The highest BCUT2D eigenvalue weighted by molar-refractivity contribution is 5.75. The summed E-state index contributed by atoms with van der Waals surface area (Å²) in [5.41, 5.74) is -0.369. The van der Waals surface area contributed by atoms with Crippen LogP contribution in [0.25, 0.3) is 0 Å². The second-order valence-electron chi connectivity index (χ2n) is 7.17. The number of rotatable bonds is 12. The number of ether oxygens (including phenoxy) is 1. The smallest absolute Gasteiger partial charge is 0.311 e. The maximum absolute atomic E-state index is 12.2. The van der Waals surface area contributed by atoms with Gasteiger partial charge in [-0.2, -0.15) is 0 Å². The molecule has 0 atom stereocenters. The molecule has 0 radical (unpaired) electrons. The van der Waals surface area contributed by atoms with Gasteiger partial charge in [0.05, 0.1) is 5.41 Å². The summed E-state index contributed by atoms with van der Waals surface area (Å²) in [5.74, 6) is 0.459. The minimum atomic E-state index is -0.369. The highest BCUT2D eigenvalue weighted by Gasteiger charge is 2.30. The fourth-order valence-electron chi connectivity index (χ4n) is 2.67. The second-order valence-corrected chi connectivity index (χ2v) is 7.17. The molecule has 0 aromatic heterocycles. The van der Waals surface area contributed by atoms with Crippen LogP contribution in [0, 0.1) is 11.3 Å². The number of nitrogens with zero attached hydrogens (tertiary/aromatic N) is 1. The molecule has 0 aliphatic heterocycles. The van der Waals surface area contributed by atoms with Gasteiger partial charge in [-0.05, 0) is 52.1 Å². The minimum absolute atomic E-state index is 0.0536. The van der Waals surface area contributed by atoms with Gasteiger partial charge in [-0.15, -0.1) is 0 Å². The standard InChI is InChI=1S/C18H37NO2/c1-7-9-11-19(12-10-8-2)13-14-21-17(20)18(5,6)15-16(3)4/h16H,7-15H2,1-6H3. The molecule has 0 N–H and O–H groups in total. The van der Waals surface area contributed by atoms with Crippen LogP contribution in [-0.2, 0) is 9.53 Å². The van der Waals surface area contributed by atoms with Crippen molar-refractivity contribution in [2.45, 2.75) is 73.6 Å². The number of unbranched alkanes of at least 4 members (excludes halogenated alkanes) is 2. The van der Waals surface area contributed by atoms with Gasteiger partial charge in [0.2, 0.25) is 0 Å². The van der Waals surface area contributed by atoms with E-state index in [0.29, 0.717) is 12.5 Å². The number of esters is 1. The first-order chi connectivity index (χ1) is 9.83. The third-order valence-electron chi connectivity index (χ3n) is 3.77. The fourth-order valence-corrected chi connectivity index (χ4v) is 2.67. The predicted octanol–water partition coefficient (Wildman–Crippen LogP) is 4.50. The molecule has 3 nitrogen and oxygen atoms in total. The average Bonchev–Trinajstić information content (AvgIpc) is 2.39. The Hall–Kier alpha value is -0.570. The Kier molecular flexibility index (Phi) is 10.8. The van der Waals surface area contributed by atoms with E-state index in [1.807, 2.05) is 13.8 Å². The maximum Gasteiger partial charge on any atom is 0.311 e. The Morgan fingerprint density at radius 1 is 1.05 bits per heavy atom. The van der Waals surface area contributed by atoms with Crippen molar-refractivity contribution in [2.75, 3.05) is 26.2 Å². The molecule has 0 spiro atoms. The third-order valence-corrected chi connectivity index (χ3v) is 3.77. The Bertz CT molecular complexity index is 266. The van der Waals surface area contributed by atoms with Gasteiger partial charge in [-0.1, -0.05) is 40.5 Å². The molecular formula is C18H37NO2. The van der Waals surface area contributed by atoms with E-state index in [1.165, 1.54) is 25.7 Å². The van der Waals surface area contributed by atoms with E-state index in [-0.39, 0.29) is 11.4 Å². The van der Waals surface area contributed by atoms with Crippen LogP contribution in [0.4, 0.5) is 0 Å². The first-order valence-corrected chi connectivity index (χ1v) is 8.73. The van der Waals surface area contributed by atoms with Crippen molar-refractivity contribution >= 4 is 5.97 Å². The maximum atomic E-state index is 12.2. The summed E-state index contributed by atoms with van der Waals surface area (Å²) in [7, 11) is 0. The molecule has 0 saturated heterocycles. The molecule has 0 heterocycles. The molecule has 0 unspecified atom stereocenters. The summed E-state index contributed by atoms with van der Waals surface area (Å²) in [5, 5.41) is 0. The van der Waals surface area contributed by atoms with Crippen LogP contribution < -0.4 is 0 Å². The zero-order valence-electron chi connectivity index (χ0n) is 15.2. The zero-order valence-corrected chi connectivity index (χ0v) is 15.2. The molecule has 0 aromatic carbocycles. The molecule has 0 aromatic rings. The quantitative estimate of drug-likeness (QED) is 0.497. The molecule has 21 heavy (non-hydrogen) atoms. The van der Waals surface area contributed by atoms with Crippen LogP contribution in [0.1, 0.15) is 73.6 Å². The SMILES string of the molecule is CCCCN(CCCC)CCOC(=O)C(C)(C)CC(C)C. The van der Waals surface area contributed by atoms with Crippen LogP contribution in [0.2, 0.25) is 0 Å². The monoisotopic (exact) mass is 299 g/mol. The number of carbonyl (C=O) groups is 1. The Labute approximate surface area is 132 Å². The van der Waals surface area contributed by atoms with Crippen LogP contribution in [0.5, 0.6) is 0 Å². The fraction of sp³-hybridized carbons (Fsp3) is 0.944. The first kappa shape index (κ1) is 20.4. The van der Waals surface area contributed by atoms with E-state index >= 15 is 0 Å². The lowest BCUT2D eigenvalue weighted by Crippen LogP contribution is -2.33. The second kappa shape index (κ2) is 11.1. The third kappa shape index (κ3) is 9.89. The zero-order chi connectivity index (χ0) is 16.3. The molecule has 3 heteroatoms. The molecule has 0 amide bonds. The molecule has 0 saturated carbocycles. The first-order valence-electron chi connectivity index (χ1n) is 8.73. The van der Waals surface area contributed by atoms with Crippen LogP contribution in [-0.4, -0.2) is 37.1 Å². The van der Waals surface area contributed by atoms with Crippen LogP contribution in [0.15, 0.2) is 0 Å². The topological polar surface area (TPSA) is 29.5 Å². The molecule has 0 bridgehead atoms. The van der Waals surface area contributed by atoms with Gasteiger partial charge >= 0.3 is 5.97 Å². The summed E-state index contributed by atoms with van der Waals surface area (Å²) in [6, 6.07) is 0. The van der Waals surface area contributed by atoms with E-state index in [9.17, 15) is 4.79 Å². The van der Waals surface area contributed by atoms with Crippen molar-refractivity contribution in [3.05, 3.63) is 0 Å². The van der Waals surface area contributed by atoms with E-state index < -0.39 is 0 Å². The molecule has 126 valence electrons. The number of hydrogen-bond acceptors (Lipinski definition) is 3. The average molecular weight is 299 g/mol. The van der Waals surface area contributed by atoms with Crippen molar-refractivity contribution in [1.29, 1.82) is 0 Å². The molecule has 0 aliphatic carbocycles. The predicted molar refractivity (Wildman–Crippen MR) is 90.5 cm³/mol. The van der Waals surface area contributed by atoms with Crippen molar-refractivity contribution in [3.8, 4) is 0 Å². The summed E-state index contributed by atoms with van der Waals surface area (Å²) < 4.78 is 5.52. The number of carbonyl (C=O) groups excluding carboxylic acids is 1. The van der Waals surface area contributed by atoms with Crippen molar-refractivity contribution in [3.63, 3.8) is 0 Å². The van der Waals surface area contributed by atoms with E-state index in [2.05, 4.69) is 32.6 Å². The van der Waals surface area contributed by atoms with Gasteiger partial charge in [0, 0.05) is 6.54 Å². The largest absolute Gasteiger partial charge is 0.464 e. The highest BCUT2D eigenvalue weighted by atomic mass is 16.5. The lowest BCUT2D eigenvalue weighted by Gasteiger charge is -2.26. The summed E-state index contributed by atoms with van der Waals surface area (Å²) in [4.78, 5) is 14.6. The van der Waals surface area contributed by atoms with Gasteiger partial charge in [0.1, 0.15) is 6.61 Å². The van der Waals surface area contributed by atoms with Crippen molar-refractivity contribution in [2.24, 2.45) is 11.3 Å². The molecule has 0 aliphatic rings. The van der Waals surface area contributed by atoms with Crippen molar-refractivity contribution in [1.82, 2.24) is 4.90 Å².